The predicted molar refractivity (Wildman–Crippen MR) is 104 cm³/mol. The molecule has 0 heterocycles. The summed E-state index contributed by atoms with van der Waals surface area (Å²) in [7, 11) is 0. The number of hydrogen-bond donors (Lipinski definition) is 2. The highest BCUT2D eigenvalue weighted by Gasteiger charge is 2.19. The van der Waals surface area contributed by atoms with Crippen LogP contribution in [0.25, 0.3) is 0 Å². The number of hydrogen-bond acceptors (Lipinski definition) is 2. The molecule has 0 spiro atoms. The Balaban J connectivity index is 2.47. The molecular formula is C18H20Br2N2O. The van der Waals surface area contributed by atoms with Crippen molar-refractivity contribution in [2.75, 3.05) is 11.1 Å². The van der Waals surface area contributed by atoms with Crippen molar-refractivity contribution in [1.29, 1.82) is 0 Å². The molecule has 0 bridgehead atoms. The zero-order valence-electron chi connectivity index (χ0n) is 13.7. The summed E-state index contributed by atoms with van der Waals surface area (Å²) in [5.41, 5.74) is 12.4. The average molecular weight is 440 g/mol. The van der Waals surface area contributed by atoms with E-state index < -0.39 is 0 Å². The van der Waals surface area contributed by atoms with Gasteiger partial charge >= 0.3 is 0 Å². The van der Waals surface area contributed by atoms with Crippen molar-refractivity contribution < 1.29 is 4.79 Å². The fourth-order valence-electron chi connectivity index (χ4n) is 2.48. The topological polar surface area (TPSA) is 55.1 Å². The van der Waals surface area contributed by atoms with Crippen LogP contribution in [0.1, 0.15) is 39.5 Å². The number of anilines is 2. The van der Waals surface area contributed by atoms with Crippen molar-refractivity contribution in [3.05, 3.63) is 55.0 Å². The van der Waals surface area contributed by atoms with Gasteiger partial charge in [-0.05, 0) is 93.4 Å². The second-order valence-electron chi connectivity index (χ2n) is 5.63. The number of benzene rings is 2. The van der Waals surface area contributed by atoms with E-state index in [-0.39, 0.29) is 5.91 Å². The van der Waals surface area contributed by atoms with Crippen LogP contribution in [0.4, 0.5) is 11.4 Å². The van der Waals surface area contributed by atoms with Gasteiger partial charge in [0, 0.05) is 20.2 Å². The van der Waals surface area contributed by atoms with Gasteiger partial charge in [-0.1, -0.05) is 13.0 Å². The lowest BCUT2D eigenvalue weighted by molar-refractivity contribution is 0.102. The maximum atomic E-state index is 12.6. The quantitative estimate of drug-likeness (QED) is 0.617. The zero-order chi connectivity index (χ0) is 17.3. The predicted octanol–water partition coefficient (Wildman–Crippen LogP) is 5.53. The first-order valence-corrected chi connectivity index (χ1v) is 9.01. The Morgan fingerprint density at radius 1 is 1.13 bits per heavy atom. The molecule has 2 aromatic rings. The van der Waals surface area contributed by atoms with Gasteiger partial charge in [-0.25, -0.2) is 0 Å². The molecule has 3 nitrogen and oxygen atoms in total. The monoisotopic (exact) mass is 438 g/mol. The van der Waals surface area contributed by atoms with E-state index in [1.165, 1.54) is 5.56 Å². The van der Waals surface area contributed by atoms with Crippen molar-refractivity contribution >= 4 is 49.1 Å². The van der Waals surface area contributed by atoms with E-state index in [4.69, 9.17) is 5.73 Å². The number of carbonyl (C=O) groups is 1. The molecule has 23 heavy (non-hydrogen) atoms. The normalized spacial score (nSPS) is 10.7. The van der Waals surface area contributed by atoms with Crippen LogP contribution in [-0.2, 0) is 6.42 Å². The van der Waals surface area contributed by atoms with E-state index in [1.807, 2.05) is 45.9 Å². The Hall–Kier alpha value is -1.33. The largest absolute Gasteiger partial charge is 0.397 e. The van der Waals surface area contributed by atoms with E-state index in [0.717, 1.165) is 37.7 Å². The third kappa shape index (κ3) is 3.45. The first kappa shape index (κ1) is 18.0. The highest BCUT2D eigenvalue weighted by molar-refractivity contribution is 9.11. The third-order valence-electron chi connectivity index (χ3n) is 4.11. The summed E-state index contributed by atoms with van der Waals surface area (Å²) >= 11 is 7.04. The Morgan fingerprint density at radius 3 is 2.35 bits per heavy atom. The third-order valence-corrected chi connectivity index (χ3v) is 6.03. The van der Waals surface area contributed by atoms with Crippen molar-refractivity contribution in [2.24, 2.45) is 0 Å². The van der Waals surface area contributed by atoms with Gasteiger partial charge in [0.15, 0.2) is 0 Å². The maximum Gasteiger partial charge on any atom is 0.255 e. The molecule has 2 aromatic carbocycles. The molecule has 2 rings (SSSR count). The van der Waals surface area contributed by atoms with Crippen molar-refractivity contribution in [3.63, 3.8) is 0 Å². The van der Waals surface area contributed by atoms with Crippen LogP contribution < -0.4 is 11.1 Å². The fraction of sp³-hybridized carbons (Fsp3) is 0.278. The minimum absolute atomic E-state index is 0.116. The molecular weight excluding hydrogens is 420 g/mol. The molecule has 0 aliphatic carbocycles. The van der Waals surface area contributed by atoms with Gasteiger partial charge in [-0.15, -0.1) is 0 Å². The number of nitrogens with one attached hydrogen (secondary N) is 1. The lowest BCUT2D eigenvalue weighted by Crippen LogP contribution is -2.15. The summed E-state index contributed by atoms with van der Waals surface area (Å²) in [4.78, 5) is 12.6. The number of nitrogen functional groups attached to an aromatic ring is 1. The molecule has 0 aliphatic heterocycles. The SMILES string of the molecule is CCc1c(Br)c(N)c(Br)c(C)c1NC(=O)c1ccc(C)c(C)c1. The van der Waals surface area contributed by atoms with E-state index >= 15 is 0 Å². The van der Waals surface area contributed by atoms with Gasteiger partial charge < -0.3 is 11.1 Å². The maximum absolute atomic E-state index is 12.6. The number of halogens is 2. The molecule has 0 saturated heterocycles. The molecule has 0 atom stereocenters. The molecule has 3 N–H and O–H groups in total. The van der Waals surface area contributed by atoms with Crippen molar-refractivity contribution in [3.8, 4) is 0 Å². The standard InChI is InChI=1S/C18H20Br2N2O/c1-5-13-15(20)16(21)14(19)11(4)17(13)22-18(23)12-7-6-9(2)10(3)8-12/h6-8H,5,21H2,1-4H3,(H,22,23). The van der Waals surface area contributed by atoms with Gasteiger partial charge in [-0.3, -0.25) is 4.79 Å². The van der Waals surface area contributed by atoms with Crippen LogP contribution in [-0.4, -0.2) is 5.91 Å². The molecule has 122 valence electrons. The summed E-state index contributed by atoms with van der Waals surface area (Å²) in [6.07, 6.45) is 0.765. The Morgan fingerprint density at radius 2 is 1.78 bits per heavy atom. The number of carbonyl (C=O) groups excluding carboxylic acids is 1. The average Bonchev–Trinajstić information content (AvgIpc) is 2.53. The van der Waals surface area contributed by atoms with Crippen molar-refractivity contribution in [1.82, 2.24) is 0 Å². The minimum atomic E-state index is -0.116. The Labute approximate surface area is 153 Å². The van der Waals surface area contributed by atoms with Gasteiger partial charge in [-0.2, -0.15) is 0 Å². The molecule has 0 radical (unpaired) electrons. The fourth-order valence-corrected chi connectivity index (χ4v) is 3.82. The second-order valence-corrected chi connectivity index (χ2v) is 7.21. The lowest BCUT2D eigenvalue weighted by atomic mass is 10.0. The molecule has 0 saturated carbocycles. The zero-order valence-corrected chi connectivity index (χ0v) is 16.9. The Kier molecular flexibility index (Phi) is 5.53. The lowest BCUT2D eigenvalue weighted by Gasteiger charge is -2.19. The van der Waals surface area contributed by atoms with E-state index in [9.17, 15) is 4.79 Å². The molecule has 0 fully saturated rings. The van der Waals surface area contributed by atoms with Crippen LogP contribution in [0.3, 0.4) is 0 Å². The van der Waals surface area contributed by atoms with Gasteiger partial charge in [0.2, 0.25) is 0 Å². The van der Waals surface area contributed by atoms with Crippen LogP contribution >= 0.6 is 31.9 Å². The van der Waals surface area contributed by atoms with E-state index in [1.54, 1.807) is 0 Å². The highest BCUT2D eigenvalue weighted by atomic mass is 79.9. The number of amides is 1. The molecule has 0 aromatic heterocycles. The molecule has 5 heteroatoms. The molecule has 1 amide bonds. The minimum Gasteiger partial charge on any atom is -0.397 e. The van der Waals surface area contributed by atoms with E-state index in [2.05, 4.69) is 37.2 Å². The van der Waals surface area contributed by atoms with Gasteiger partial charge in [0.1, 0.15) is 0 Å². The molecule has 0 aliphatic rings. The molecule has 0 unspecified atom stereocenters. The number of aryl methyl sites for hydroxylation is 2. The first-order valence-electron chi connectivity index (χ1n) is 7.42. The number of rotatable bonds is 3. The van der Waals surface area contributed by atoms with Gasteiger partial charge in [0.05, 0.1) is 5.69 Å². The summed E-state index contributed by atoms with van der Waals surface area (Å²) in [5.74, 6) is -0.116. The summed E-state index contributed by atoms with van der Waals surface area (Å²) in [6, 6.07) is 5.72. The van der Waals surface area contributed by atoms with Crippen LogP contribution in [0, 0.1) is 20.8 Å². The van der Waals surface area contributed by atoms with Crippen LogP contribution in [0.15, 0.2) is 27.1 Å². The van der Waals surface area contributed by atoms with Crippen LogP contribution in [0.2, 0.25) is 0 Å². The van der Waals surface area contributed by atoms with Crippen LogP contribution in [0.5, 0.6) is 0 Å². The first-order chi connectivity index (χ1) is 10.8. The summed E-state index contributed by atoms with van der Waals surface area (Å²) in [6.45, 7) is 8.02. The summed E-state index contributed by atoms with van der Waals surface area (Å²) in [5, 5.41) is 3.05. The van der Waals surface area contributed by atoms with Gasteiger partial charge in [0.25, 0.3) is 5.91 Å². The second kappa shape index (κ2) is 7.05. The Bertz CT molecular complexity index is 785. The highest BCUT2D eigenvalue weighted by Crippen LogP contribution is 2.40. The smallest absolute Gasteiger partial charge is 0.255 e. The number of nitrogens with two attached hydrogens (primary N) is 1. The van der Waals surface area contributed by atoms with Crippen molar-refractivity contribution in [2.45, 2.75) is 34.1 Å². The summed E-state index contributed by atoms with van der Waals surface area (Å²) < 4.78 is 1.63. The van der Waals surface area contributed by atoms with E-state index in [0.29, 0.717) is 11.3 Å².